The van der Waals surface area contributed by atoms with Gasteiger partial charge in [-0.3, -0.25) is 9.59 Å². The monoisotopic (exact) mass is 460 g/mol. The molecule has 0 aliphatic heterocycles. The molecule has 0 fully saturated rings. The number of nitrogens with one attached hydrogen (secondary N) is 1. The lowest BCUT2D eigenvalue weighted by Gasteiger charge is -2.18. The van der Waals surface area contributed by atoms with Crippen LogP contribution >= 0.6 is 22.7 Å². The molecule has 164 valence electrons. The summed E-state index contributed by atoms with van der Waals surface area (Å²) in [6, 6.07) is 7.45. The molecule has 10 heteroatoms. The summed E-state index contributed by atoms with van der Waals surface area (Å²) in [6.07, 6.45) is 0. The Kier molecular flexibility index (Phi) is 6.91. The lowest BCUT2D eigenvalue weighted by atomic mass is 10.1. The van der Waals surface area contributed by atoms with Gasteiger partial charge < -0.3 is 19.9 Å². The number of para-hydroxylation sites is 1. The van der Waals surface area contributed by atoms with E-state index in [0.717, 1.165) is 31.5 Å². The minimum Gasteiger partial charge on any atom is -0.451 e. The second kappa shape index (κ2) is 9.44. The van der Waals surface area contributed by atoms with Gasteiger partial charge in [0.1, 0.15) is 9.71 Å². The van der Waals surface area contributed by atoms with Crippen LogP contribution in [0.1, 0.15) is 20.8 Å². The number of hydrogen-bond donors (Lipinski definition) is 1. The molecule has 0 aliphatic rings. The smallest absolute Gasteiger partial charge is 0.348 e. The van der Waals surface area contributed by atoms with Gasteiger partial charge in [-0.2, -0.15) is 0 Å². The summed E-state index contributed by atoms with van der Waals surface area (Å²) in [7, 11) is 5.30. The van der Waals surface area contributed by atoms with Gasteiger partial charge in [0.25, 0.3) is 5.91 Å². The Bertz CT molecular complexity index is 1080. The van der Waals surface area contributed by atoms with E-state index < -0.39 is 18.5 Å². The first kappa shape index (κ1) is 22.7. The molecule has 3 rings (SSSR count). The van der Waals surface area contributed by atoms with Crippen LogP contribution < -0.4 is 10.2 Å². The molecule has 0 saturated heterocycles. The fourth-order valence-corrected chi connectivity index (χ4v) is 4.85. The van der Waals surface area contributed by atoms with Gasteiger partial charge >= 0.3 is 5.97 Å². The number of esters is 1. The van der Waals surface area contributed by atoms with Gasteiger partial charge in [-0.15, -0.1) is 11.3 Å². The lowest BCUT2D eigenvalue weighted by Crippen LogP contribution is -2.37. The van der Waals surface area contributed by atoms with Crippen molar-refractivity contribution in [2.45, 2.75) is 13.8 Å². The Morgan fingerprint density at radius 1 is 1.10 bits per heavy atom. The number of nitrogens with zero attached hydrogens (tertiary/aromatic N) is 3. The van der Waals surface area contributed by atoms with Crippen molar-refractivity contribution in [3.8, 4) is 0 Å². The molecule has 8 nitrogen and oxygen atoms in total. The number of thiazole rings is 1. The Balaban J connectivity index is 1.52. The highest BCUT2D eigenvalue weighted by atomic mass is 32.1. The number of likely N-dealkylation sites (N-methyl/N-ethyl adjacent to an activating group) is 1. The second-order valence-electron chi connectivity index (χ2n) is 7.31. The molecular formula is C21H24N4O4S2. The van der Waals surface area contributed by atoms with E-state index in [4.69, 9.17) is 4.74 Å². The van der Waals surface area contributed by atoms with Crippen LogP contribution in [0.25, 0.3) is 9.53 Å². The maximum atomic E-state index is 12.3. The second-order valence-corrected chi connectivity index (χ2v) is 9.35. The predicted octanol–water partition coefficient (Wildman–Crippen LogP) is 3.29. The summed E-state index contributed by atoms with van der Waals surface area (Å²) in [4.78, 5) is 45.7. The zero-order valence-corrected chi connectivity index (χ0v) is 19.6. The molecule has 2 amide bonds. The number of thiophene rings is 1. The maximum Gasteiger partial charge on any atom is 0.348 e. The number of aryl methyl sites for hydroxylation is 2. The van der Waals surface area contributed by atoms with E-state index in [2.05, 4.69) is 10.3 Å². The summed E-state index contributed by atoms with van der Waals surface area (Å²) in [5.41, 5.74) is 2.63. The Labute approximate surface area is 188 Å². The van der Waals surface area contributed by atoms with Crippen molar-refractivity contribution in [2.75, 3.05) is 44.5 Å². The normalized spacial score (nSPS) is 10.7. The van der Waals surface area contributed by atoms with E-state index in [0.29, 0.717) is 4.88 Å². The third kappa shape index (κ3) is 5.39. The number of carbonyl (C=O) groups excluding carboxylic acids is 3. The Hall–Kier alpha value is -2.98. The first-order chi connectivity index (χ1) is 14.7. The first-order valence-corrected chi connectivity index (χ1v) is 11.1. The van der Waals surface area contributed by atoms with E-state index in [9.17, 15) is 14.4 Å². The number of rotatable bonds is 7. The fraction of sp³-hybridized carbons (Fsp3) is 0.333. The first-order valence-electron chi connectivity index (χ1n) is 9.50. The quantitative estimate of drug-likeness (QED) is 0.544. The van der Waals surface area contributed by atoms with E-state index >= 15 is 0 Å². The average molecular weight is 461 g/mol. The average Bonchev–Trinajstić information content (AvgIpc) is 3.28. The van der Waals surface area contributed by atoms with Gasteiger partial charge in [0.15, 0.2) is 11.7 Å². The number of carbonyl (C=O) groups is 3. The SMILES string of the molecule is Cc1cccc(C)c1NC(=O)CN(C)C(=O)COC(=O)c1cc2sc(N(C)C)nc2s1. The number of amides is 2. The minimum atomic E-state index is -0.580. The minimum absolute atomic E-state index is 0.143. The summed E-state index contributed by atoms with van der Waals surface area (Å²) in [6.45, 7) is 3.23. The molecule has 0 bridgehead atoms. The highest BCUT2D eigenvalue weighted by Crippen LogP contribution is 2.34. The lowest BCUT2D eigenvalue weighted by molar-refractivity contribution is -0.136. The summed E-state index contributed by atoms with van der Waals surface area (Å²) >= 11 is 2.71. The van der Waals surface area contributed by atoms with Crippen molar-refractivity contribution < 1.29 is 19.1 Å². The van der Waals surface area contributed by atoms with E-state index in [-0.39, 0.29) is 12.5 Å². The van der Waals surface area contributed by atoms with Gasteiger partial charge in [-0.25, -0.2) is 9.78 Å². The van der Waals surface area contributed by atoms with E-state index in [1.165, 1.54) is 34.6 Å². The molecule has 31 heavy (non-hydrogen) atoms. The van der Waals surface area contributed by atoms with Gasteiger partial charge in [0.2, 0.25) is 5.91 Å². The molecular weight excluding hydrogens is 436 g/mol. The van der Waals surface area contributed by atoms with Crippen LogP contribution in [-0.2, 0) is 14.3 Å². The zero-order valence-electron chi connectivity index (χ0n) is 18.0. The zero-order chi connectivity index (χ0) is 22.7. The topological polar surface area (TPSA) is 91.8 Å². The van der Waals surface area contributed by atoms with Crippen LogP contribution in [0, 0.1) is 13.8 Å². The summed E-state index contributed by atoms with van der Waals surface area (Å²) < 4.78 is 6.04. The van der Waals surface area contributed by atoms with Crippen LogP contribution in [0.5, 0.6) is 0 Å². The van der Waals surface area contributed by atoms with Crippen molar-refractivity contribution in [3.05, 3.63) is 40.3 Å². The molecule has 2 aromatic heterocycles. The van der Waals surface area contributed by atoms with E-state index in [1.807, 2.05) is 51.0 Å². The maximum absolute atomic E-state index is 12.3. The standard InChI is InChI=1S/C21H24N4O4S2/c1-12-7-6-8-13(2)18(12)22-16(26)10-25(5)17(27)11-29-20(28)15-9-14-19(30-15)23-21(31-14)24(3)4/h6-9H,10-11H2,1-5H3,(H,22,26). The summed E-state index contributed by atoms with van der Waals surface area (Å²) in [5.74, 6) is -1.36. The number of ether oxygens (including phenoxy) is 1. The number of benzene rings is 1. The molecule has 0 spiro atoms. The molecule has 1 aromatic carbocycles. The third-order valence-electron chi connectivity index (χ3n) is 4.54. The van der Waals surface area contributed by atoms with Crippen LogP contribution in [0.2, 0.25) is 0 Å². The summed E-state index contributed by atoms with van der Waals surface area (Å²) in [5, 5.41) is 3.69. The van der Waals surface area contributed by atoms with Crippen LogP contribution in [-0.4, -0.2) is 62.0 Å². The molecule has 0 unspecified atom stereocenters. The molecule has 0 radical (unpaired) electrons. The van der Waals surface area contributed by atoms with E-state index in [1.54, 1.807) is 6.07 Å². The van der Waals surface area contributed by atoms with Gasteiger partial charge in [0.05, 0.1) is 11.2 Å². The van der Waals surface area contributed by atoms with Gasteiger partial charge in [-0.1, -0.05) is 29.5 Å². The van der Waals surface area contributed by atoms with Gasteiger partial charge in [0, 0.05) is 26.8 Å². The Morgan fingerprint density at radius 2 is 1.77 bits per heavy atom. The number of aromatic nitrogens is 1. The molecule has 1 N–H and O–H groups in total. The van der Waals surface area contributed by atoms with Crippen molar-refractivity contribution in [2.24, 2.45) is 0 Å². The molecule has 0 aliphatic carbocycles. The highest BCUT2D eigenvalue weighted by Gasteiger charge is 2.19. The predicted molar refractivity (Wildman–Crippen MR) is 124 cm³/mol. The highest BCUT2D eigenvalue weighted by molar-refractivity contribution is 7.29. The van der Waals surface area contributed by atoms with Crippen molar-refractivity contribution in [3.63, 3.8) is 0 Å². The van der Waals surface area contributed by atoms with Crippen molar-refractivity contribution in [1.82, 2.24) is 9.88 Å². The van der Waals surface area contributed by atoms with Crippen molar-refractivity contribution in [1.29, 1.82) is 0 Å². The number of fused-ring (bicyclic) bond motifs is 1. The van der Waals surface area contributed by atoms with Gasteiger partial charge in [-0.05, 0) is 31.0 Å². The molecule has 3 aromatic rings. The van der Waals surface area contributed by atoms with Crippen LogP contribution in [0.15, 0.2) is 24.3 Å². The largest absolute Gasteiger partial charge is 0.451 e. The van der Waals surface area contributed by atoms with Crippen LogP contribution in [0.4, 0.5) is 10.8 Å². The Morgan fingerprint density at radius 3 is 2.39 bits per heavy atom. The number of anilines is 2. The van der Waals surface area contributed by atoms with Crippen molar-refractivity contribution >= 4 is 60.8 Å². The van der Waals surface area contributed by atoms with Crippen LogP contribution in [0.3, 0.4) is 0 Å². The molecule has 0 atom stereocenters. The third-order valence-corrected chi connectivity index (χ3v) is 6.85. The molecule has 0 saturated carbocycles. The molecule has 2 heterocycles. The number of hydrogen-bond acceptors (Lipinski definition) is 8. The fourth-order valence-electron chi connectivity index (χ4n) is 2.82.